The molecule has 0 spiro atoms. The van der Waals surface area contributed by atoms with Gasteiger partial charge in [0.05, 0.1) is 5.56 Å². The SMILES string of the molecule is Cc1cc(-n2c(C)cc(C(=O)COC(=O)c3ccc(O)cc3)c2C)no1. The fourth-order valence-corrected chi connectivity index (χ4v) is 2.75. The van der Waals surface area contributed by atoms with Gasteiger partial charge in [0.1, 0.15) is 11.5 Å². The van der Waals surface area contributed by atoms with E-state index in [2.05, 4.69) is 5.16 Å². The number of hydrogen-bond acceptors (Lipinski definition) is 6. The Morgan fingerprint density at radius 3 is 2.46 bits per heavy atom. The van der Waals surface area contributed by atoms with Crippen molar-refractivity contribution in [2.75, 3.05) is 6.61 Å². The Labute approximate surface area is 149 Å². The van der Waals surface area contributed by atoms with Gasteiger partial charge in [-0.1, -0.05) is 5.16 Å². The average Bonchev–Trinajstić information content (AvgIpc) is 3.15. The van der Waals surface area contributed by atoms with Crippen molar-refractivity contribution < 1.29 is 24.0 Å². The molecule has 1 aromatic carbocycles. The third-order valence-electron chi connectivity index (χ3n) is 4.01. The van der Waals surface area contributed by atoms with E-state index in [1.54, 1.807) is 26.0 Å². The van der Waals surface area contributed by atoms with Crippen LogP contribution in [-0.4, -0.2) is 33.2 Å². The second kappa shape index (κ2) is 6.87. The van der Waals surface area contributed by atoms with Gasteiger partial charge in [-0.2, -0.15) is 0 Å². The van der Waals surface area contributed by atoms with Crippen molar-refractivity contribution in [1.82, 2.24) is 9.72 Å². The van der Waals surface area contributed by atoms with E-state index < -0.39 is 5.97 Å². The monoisotopic (exact) mass is 354 g/mol. The molecule has 0 radical (unpaired) electrons. The second-order valence-corrected chi connectivity index (χ2v) is 5.96. The van der Waals surface area contributed by atoms with Crippen molar-refractivity contribution in [3.8, 4) is 11.6 Å². The molecule has 0 aliphatic heterocycles. The summed E-state index contributed by atoms with van der Waals surface area (Å²) in [4.78, 5) is 24.5. The molecule has 3 aromatic rings. The maximum atomic E-state index is 12.5. The normalized spacial score (nSPS) is 10.7. The maximum absolute atomic E-state index is 12.5. The van der Waals surface area contributed by atoms with Crippen LogP contribution in [0.15, 0.2) is 40.9 Å². The lowest BCUT2D eigenvalue weighted by Crippen LogP contribution is -2.15. The highest BCUT2D eigenvalue weighted by Gasteiger charge is 2.20. The molecule has 0 saturated carbocycles. The van der Waals surface area contributed by atoms with Crippen LogP contribution in [0.2, 0.25) is 0 Å². The molecule has 0 aliphatic rings. The Morgan fingerprint density at radius 2 is 1.85 bits per heavy atom. The van der Waals surface area contributed by atoms with Gasteiger partial charge in [0.25, 0.3) is 0 Å². The summed E-state index contributed by atoms with van der Waals surface area (Å²) in [5.74, 6) is 0.380. The number of phenols is 1. The van der Waals surface area contributed by atoms with Gasteiger partial charge >= 0.3 is 5.97 Å². The fraction of sp³-hybridized carbons (Fsp3) is 0.211. The number of hydrogen-bond donors (Lipinski definition) is 1. The molecule has 7 heteroatoms. The van der Waals surface area contributed by atoms with Gasteiger partial charge in [0.15, 0.2) is 12.4 Å². The summed E-state index contributed by atoms with van der Waals surface area (Å²) >= 11 is 0. The van der Waals surface area contributed by atoms with E-state index in [0.717, 1.165) is 5.69 Å². The number of aromatic nitrogens is 2. The minimum Gasteiger partial charge on any atom is -0.508 e. The number of nitrogens with zero attached hydrogens (tertiary/aromatic N) is 2. The number of ketones is 1. The number of benzene rings is 1. The van der Waals surface area contributed by atoms with Crippen molar-refractivity contribution in [2.45, 2.75) is 20.8 Å². The van der Waals surface area contributed by atoms with E-state index in [9.17, 15) is 14.7 Å². The van der Waals surface area contributed by atoms with Gasteiger partial charge in [0, 0.05) is 23.0 Å². The minimum atomic E-state index is -0.626. The Bertz CT molecular complexity index is 966. The first kappa shape index (κ1) is 17.5. The first-order chi connectivity index (χ1) is 12.4. The first-order valence-electron chi connectivity index (χ1n) is 7.99. The summed E-state index contributed by atoms with van der Waals surface area (Å²) in [5, 5.41) is 13.2. The van der Waals surface area contributed by atoms with E-state index >= 15 is 0 Å². The van der Waals surface area contributed by atoms with Crippen LogP contribution in [0.5, 0.6) is 5.75 Å². The highest BCUT2D eigenvalue weighted by atomic mass is 16.5. The van der Waals surface area contributed by atoms with Crippen molar-refractivity contribution in [1.29, 1.82) is 0 Å². The summed E-state index contributed by atoms with van der Waals surface area (Å²) in [6.45, 7) is 5.07. The zero-order valence-electron chi connectivity index (χ0n) is 14.6. The maximum Gasteiger partial charge on any atom is 0.338 e. The molecule has 7 nitrogen and oxygen atoms in total. The molecule has 26 heavy (non-hydrogen) atoms. The number of aromatic hydroxyl groups is 1. The number of carbonyl (C=O) groups is 2. The summed E-state index contributed by atoms with van der Waals surface area (Å²) < 4.78 is 12.0. The highest BCUT2D eigenvalue weighted by Crippen LogP contribution is 2.21. The molecule has 0 saturated heterocycles. The lowest BCUT2D eigenvalue weighted by Gasteiger charge is -2.06. The Morgan fingerprint density at radius 1 is 1.15 bits per heavy atom. The van der Waals surface area contributed by atoms with E-state index in [-0.39, 0.29) is 23.7 Å². The number of ether oxygens (including phenoxy) is 1. The van der Waals surface area contributed by atoms with Crippen LogP contribution in [-0.2, 0) is 4.74 Å². The summed E-state index contributed by atoms with van der Waals surface area (Å²) in [7, 11) is 0. The standard InChI is InChI=1S/C19H18N2O5/c1-11-8-16(13(3)21(11)18-9-12(2)26-20-18)17(23)10-25-19(24)14-4-6-15(22)7-5-14/h4-9,22H,10H2,1-3H3. The van der Waals surface area contributed by atoms with Gasteiger partial charge in [-0.05, 0) is 51.1 Å². The first-order valence-corrected chi connectivity index (χ1v) is 7.99. The van der Waals surface area contributed by atoms with Gasteiger partial charge < -0.3 is 14.4 Å². The quantitative estimate of drug-likeness (QED) is 0.559. The molecule has 0 bridgehead atoms. The number of Topliss-reactive ketones (excluding diaryl/α,β-unsaturated/α-hetero) is 1. The molecule has 0 amide bonds. The molecular weight excluding hydrogens is 336 g/mol. The minimum absolute atomic E-state index is 0.0492. The van der Waals surface area contributed by atoms with Crippen LogP contribution in [0.1, 0.15) is 37.9 Å². The Hall–Kier alpha value is -3.35. The average molecular weight is 354 g/mol. The largest absolute Gasteiger partial charge is 0.508 e. The summed E-state index contributed by atoms with van der Waals surface area (Å²) in [6, 6.07) is 9.13. The van der Waals surface area contributed by atoms with E-state index in [1.807, 2.05) is 11.5 Å². The summed E-state index contributed by atoms with van der Waals surface area (Å²) in [6.07, 6.45) is 0. The van der Waals surface area contributed by atoms with E-state index in [4.69, 9.17) is 9.26 Å². The lowest BCUT2D eigenvalue weighted by molar-refractivity contribution is 0.0474. The Balaban J connectivity index is 1.74. The van der Waals surface area contributed by atoms with Crippen molar-refractivity contribution in [3.63, 3.8) is 0 Å². The molecule has 134 valence electrons. The van der Waals surface area contributed by atoms with E-state index in [0.29, 0.717) is 22.8 Å². The van der Waals surface area contributed by atoms with Gasteiger partial charge in [0.2, 0.25) is 5.78 Å². The molecule has 0 atom stereocenters. The van der Waals surface area contributed by atoms with Gasteiger partial charge in [-0.15, -0.1) is 0 Å². The predicted molar refractivity (Wildman–Crippen MR) is 92.8 cm³/mol. The third kappa shape index (κ3) is 3.37. The molecule has 2 heterocycles. The summed E-state index contributed by atoms with van der Waals surface area (Å²) in [5.41, 5.74) is 2.24. The highest BCUT2D eigenvalue weighted by molar-refractivity contribution is 6.00. The zero-order valence-corrected chi connectivity index (χ0v) is 14.6. The van der Waals surface area contributed by atoms with Crippen LogP contribution in [0.3, 0.4) is 0 Å². The van der Waals surface area contributed by atoms with Crippen LogP contribution >= 0.6 is 0 Å². The van der Waals surface area contributed by atoms with Gasteiger partial charge in [-0.25, -0.2) is 4.79 Å². The third-order valence-corrected chi connectivity index (χ3v) is 4.01. The molecule has 0 unspecified atom stereocenters. The number of carbonyl (C=O) groups excluding carboxylic acids is 2. The van der Waals surface area contributed by atoms with Crippen molar-refractivity contribution in [2.24, 2.45) is 0 Å². The van der Waals surface area contributed by atoms with Crippen molar-refractivity contribution in [3.05, 3.63) is 64.7 Å². The number of phenolic OH excluding ortho intramolecular Hbond substituents is 1. The number of aryl methyl sites for hydroxylation is 2. The number of esters is 1. The van der Waals surface area contributed by atoms with E-state index in [1.165, 1.54) is 24.3 Å². The molecule has 2 aromatic heterocycles. The zero-order chi connectivity index (χ0) is 18.8. The fourth-order valence-electron chi connectivity index (χ4n) is 2.75. The van der Waals surface area contributed by atoms with Gasteiger partial charge in [-0.3, -0.25) is 9.36 Å². The van der Waals surface area contributed by atoms with Crippen LogP contribution < -0.4 is 0 Å². The predicted octanol–water partition coefficient (Wildman–Crippen LogP) is 3.14. The lowest BCUT2D eigenvalue weighted by atomic mass is 10.1. The smallest absolute Gasteiger partial charge is 0.338 e. The van der Waals surface area contributed by atoms with Crippen LogP contribution in [0.4, 0.5) is 0 Å². The molecule has 3 rings (SSSR count). The van der Waals surface area contributed by atoms with Crippen LogP contribution in [0.25, 0.3) is 5.82 Å². The molecular formula is C19H18N2O5. The molecule has 1 N–H and O–H groups in total. The second-order valence-electron chi connectivity index (χ2n) is 5.96. The molecule has 0 fully saturated rings. The van der Waals surface area contributed by atoms with Crippen molar-refractivity contribution >= 4 is 11.8 Å². The number of rotatable bonds is 5. The topological polar surface area (TPSA) is 94.6 Å². The molecule has 0 aliphatic carbocycles. The van der Waals surface area contributed by atoms with Crippen LogP contribution in [0, 0.1) is 20.8 Å². The Kier molecular flexibility index (Phi) is 4.62.